The van der Waals surface area contributed by atoms with Gasteiger partial charge in [-0.3, -0.25) is 4.79 Å². The van der Waals surface area contributed by atoms with Crippen LogP contribution in [-0.2, 0) is 0 Å². The number of carbonyl (C=O) groups is 1. The van der Waals surface area contributed by atoms with Gasteiger partial charge in [0, 0.05) is 12.1 Å². The van der Waals surface area contributed by atoms with Gasteiger partial charge in [0.1, 0.15) is 0 Å². The highest BCUT2D eigenvalue weighted by atomic mass is 16.5. The zero-order valence-corrected chi connectivity index (χ0v) is 13.4. The number of nitrogens with one attached hydrogen (secondary N) is 1. The van der Waals surface area contributed by atoms with Gasteiger partial charge in [-0.25, -0.2) is 0 Å². The van der Waals surface area contributed by atoms with Gasteiger partial charge >= 0.3 is 0 Å². The molecule has 0 bridgehead atoms. The average molecular weight is 293 g/mol. The molecule has 0 fully saturated rings. The molecule has 0 aliphatic carbocycles. The molecular formula is C17H27NO3. The molecule has 1 amide bonds. The van der Waals surface area contributed by atoms with Crippen LogP contribution in [0.25, 0.3) is 0 Å². The molecule has 0 unspecified atom stereocenters. The molecule has 1 aromatic carbocycles. The van der Waals surface area contributed by atoms with E-state index in [0.717, 1.165) is 19.4 Å². The van der Waals surface area contributed by atoms with Crippen molar-refractivity contribution < 1.29 is 14.3 Å². The molecule has 1 N–H and O–H groups in total. The summed E-state index contributed by atoms with van der Waals surface area (Å²) in [4.78, 5) is 12.1. The van der Waals surface area contributed by atoms with Crippen LogP contribution >= 0.6 is 0 Å². The van der Waals surface area contributed by atoms with Gasteiger partial charge in [-0.2, -0.15) is 0 Å². The fourth-order valence-electron chi connectivity index (χ4n) is 2.05. The summed E-state index contributed by atoms with van der Waals surface area (Å²) in [7, 11) is 0. The quantitative estimate of drug-likeness (QED) is 0.668. The second-order valence-electron chi connectivity index (χ2n) is 4.84. The van der Waals surface area contributed by atoms with Crippen molar-refractivity contribution in [2.45, 2.75) is 46.5 Å². The fourth-order valence-corrected chi connectivity index (χ4v) is 2.05. The molecule has 1 aromatic rings. The summed E-state index contributed by atoms with van der Waals surface area (Å²) < 4.78 is 11.0. The first-order valence-electron chi connectivity index (χ1n) is 7.90. The molecule has 0 heterocycles. The van der Waals surface area contributed by atoms with Crippen LogP contribution < -0.4 is 14.8 Å². The third kappa shape index (κ3) is 6.06. The number of ether oxygens (including phenoxy) is 2. The second-order valence-corrected chi connectivity index (χ2v) is 4.84. The maximum atomic E-state index is 12.1. The van der Waals surface area contributed by atoms with E-state index in [-0.39, 0.29) is 5.91 Å². The van der Waals surface area contributed by atoms with E-state index < -0.39 is 0 Å². The van der Waals surface area contributed by atoms with E-state index in [1.807, 2.05) is 13.8 Å². The lowest BCUT2D eigenvalue weighted by molar-refractivity contribution is 0.0952. The van der Waals surface area contributed by atoms with Crippen molar-refractivity contribution in [3.05, 3.63) is 23.8 Å². The summed E-state index contributed by atoms with van der Waals surface area (Å²) in [6, 6.07) is 5.31. The lowest BCUT2D eigenvalue weighted by Crippen LogP contribution is -2.24. The standard InChI is InChI=1S/C17H27NO3/c1-4-7-8-9-12-18-17(19)14-10-11-15(20-5-2)16(13-14)21-6-3/h10-11,13H,4-9,12H2,1-3H3,(H,18,19). The van der Waals surface area contributed by atoms with Gasteiger partial charge in [0.05, 0.1) is 13.2 Å². The monoisotopic (exact) mass is 293 g/mol. The van der Waals surface area contributed by atoms with Gasteiger partial charge in [0.2, 0.25) is 0 Å². The summed E-state index contributed by atoms with van der Waals surface area (Å²) >= 11 is 0. The van der Waals surface area contributed by atoms with Gasteiger partial charge in [0.25, 0.3) is 5.91 Å². The van der Waals surface area contributed by atoms with Crippen molar-refractivity contribution >= 4 is 5.91 Å². The Bertz CT molecular complexity index is 432. The molecule has 0 aliphatic heterocycles. The van der Waals surface area contributed by atoms with Crippen molar-refractivity contribution in [1.82, 2.24) is 5.32 Å². The number of amides is 1. The summed E-state index contributed by atoms with van der Waals surface area (Å²) in [6.45, 7) is 7.85. The molecular weight excluding hydrogens is 266 g/mol. The first-order valence-corrected chi connectivity index (χ1v) is 7.90. The number of unbranched alkanes of at least 4 members (excludes halogenated alkanes) is 3. The van der Waals surface area contributed by atoms with E-state index in [2.05, 4.69) is 12.2 Å². The molecule has 1 rings (SSSR count). The largest absolute Gasteiger partial charge is 0.490 e. The van der Waals surface area contributed by atoms with E-state index >= 15 is 0 Å². The van der Waals surface area contributed by atoms with Crippen molar-refractivity contribution in [2.75, 3.05) is 19.8 Å². The molecule has 21 heavy (non-hydrogen) atoms. The molecule has 0 aromatic heterocycles. The SMILES string of the molecule is CCCCCCNC(=O)c1ccc(OCC)c(OCC)c1. The zero-order valence-electron chi connectivity index (χ0n) is 13.4. The lowest BCUT2D eigenvalue weighted by Gasteiger charge is -2.12. The smallest absolute Gasteiger partial charge is 0.251 e. The molecule has 0 saturated heterocycles. The van der Waals surface area contributed by atoms with Crippen molar-refractivity contribution in [3.8, 4) is 11.5 Å². The Morgan fingerprint density at radius 2 is 1.71 bits per heavy atom. The first kappa shape index (κ1) is 17.3. The van der Waals surface area contributed by atoms with Crippen LogP contribution in [-0.4, -0.2) is 25.7 Å². The number of rotatable bonds is 10. The summed E-state index contributed by atoms with van der Waals surface area (Å²) in [5, 5.41) is 2.94. The van der Waals surface area contributed by atoms with Crippen LogP contribution in [0.1, 0.15) is 56.8 Å². The number of hydrogen-bond donors (Lipinski definition) is 1. The van der Waals surface area contributed by atoms with Crippen molar-refractivity contribution in [3.63, 3.8) is 0 Å². The van der Waals surface area contributed by atoms with Gasteiger partial charge in [-0.1, -0.05) is 26.2 Å². The normalized spacial score (nSPS) is 10.2. The molecule has 118 valence electrons. The van der Waals surface area contributed by atoms with E-state index in [4.69, 9.17) is 9.47 Å². The molecule has 0 atom stereocenters. The summed E-state index contributed by atoms with van der Waals surface area (Å²) in [5.74, 6) is 1.24. The number of hydrogen-bond acceptors (Lipinski definition) is 3. The Morgan fingerprint density at radius 1 is 1.00 bits per heavy atom. The molecule has 0 spiro atoms. The van der Waals surface area contributed by atoms with E-state index in [1.54, 1.807) is 18.2 Å². The summed E-state index contributed by atoms with van der Waals surface area (Å²) in [6.07, 6.45) is 4.59. The van der Waals surface area contributed by atoms with Crippen LogP contribution in [0, 0.1) is 0 Å². The van der Waals surface area contributed by atoms with E-state index in [1.165, 1.54) is 12.8 Å². The van der Waals surface area contributed by atoms with E-state index in [0.29, 0.717) is 30.3 Å². The fraction of sp³-hybridized carbons (Fsp3) is 0.588. The van der Waals surface area contributed by atoms with Crippen molar-refractivity contribution in [2.24, 2.45) is 0 Å². The van der Waals surface area contributed by atoms with Gasteiger partial charge in [-0.15, -0.1) is 0 Å². The Balaban J connectivity index is 2.60. The van der Waals surface area contributed by atoms with Crippen LogP contribution in [0.2, 0.25) is 0 Å². The molecule has 0 aliphatic rings. The van der Waals surface area contributed by atoms with Crippen LogP contribution in [0.15, 0.2) is 18.2 Å². The van der Waals surface area contributed by atoms with Crippen LogP contribution in [0.3, 0.4) is 0 Å². The third-order valence-electron chi connectivity index (χ3n) is 3.12. The van der Waals surface area contributed by atoms with Gasteiger partial charge < -0.3 is 14.8 Å². The highest BCUT2D eigenvalue weighted by Crippen LogP contribution is 2.28. The van der Waals surface area contributed by atoms with E-state index in [9.17, 15) is 4.79 Å². The maximum Gasteiger partial charge on any atom is 0.251 e. The molecule has 0 radical (unpaired) electrons. The Labute approximate surface area is 127 Å². The highest BCUT2D eigenvalue weighted by Gasteiger charge is 2.11. The minimum Gasteiger partial charge on any atom is -0.490 e. The lowest BCUT2D eigenvalue weighted by atomic mass is 10.1. The highest BCUT2D eigenvalue weighted by molar-refractivity contribution is 5.94. The minimum atomic E-state index is -0.0597. The van der Waals surface area contributed by atoms with Crippen molar-refractivity contribution in [1.29, 1.82) is 0 Å². The Morgan fingerprint density at radius 3 is 2.38 bits per heavy atom. The second kappa shape index (κ2) is 10.1. The minimum absolute atomic E-state index is 0.0597. The molecule has 4 nitrogen and oxygen atoms in total. The third-order valence-corrected chi connectivity index (χ3v) is 3.12. The van der Waals surface area contributed by atoms with Crippen LogP contribution in [0.4, 0.5) is 0 Å². The Hall–Kier alpha value is -1.71. The average Bonchev–Trinajstić information content (AvgIpc) is 2.49. The van der Waals surface area contributed by atoms with Gasteiger partial charge in [0.15, 0.2) is 11.5 Å². The predicted octanol–water partition coefficient (Wildman–Crippen LogP) is 3.79. The topological polar surface area (TPSA) is 47.6 Å². The first-order chi connectivity index (χ1) is 10.2. The predicted molar refractivity (Wildman–Crippen MR) is 85.3 cm³/mol. The maximum absolute atomic E-state index is 12.1. The molecule has 4 heteroatoms. The zero-order chi connectivity index (χ0) is 15.5. The number of carbonyl (C=O) groups excluding carboxylic acids is 1. The van der Waals surface area contributed by atoms with Crippen LogP contribution in [0.5, 0.6) is 11.5 Å². The van der Waals surface area contributed by atoms with Gasteiger partial charge in [-0.05, 0) is 38.5 Å². The Kier molecular flexibility index (Phi) is 8.32. The number of benzene rings is 1. The molecule has 0 saturated carbocycles. The summed E-state index contributed by atoms with van der Waals surface area (Å²) in [5.41, 5.74) is 0.609.